The Bertz CT molecular complexity index is 492. The molecule has 1 aromatic rings. The molecule has 0 aromatic carbocycles. The van der Waals surface area contributed by atoms with Crippen molar-refractivity contribution in [2.24, 2.45) is 0 Å². The van der Waals surface area contributed by atoms with Gasteiger partial charge in [-0.3, -0.25) is 9.78 Å². The minimum Gasteiger partial charge on any atom is -0.384 e. The molecule has 0 spiro atoms. The van der Waals surface area contributed by atoms with Crippen LogP contribution >= 0.6 is 0 Å². The van der Waals surface area contributed by atoms with Crippen molar-refractivity contribution < 1.29 is 14.6 Å². The predicted molar refractivity (Wildman–Crippen MR) is 80.9 cm³/mol. The lowest BCUT2D eigenvalue weighted by atomic mass is 10.2. The van der Waals surface area contributed by atoms with E-state index in [0.29, 0.717) is 24.3 Å². The van der Waals surface area contributed by atoms with Gasteiger partial charge in [-0.2, -0.15) is 0 Å². The van der Waals surface area contributed by atoms with E-state index in [1.165, 1.54) is 6.20 Å². The van der Waals surface area contributed by atoms with Crippen LogP contribution in [0.3, 0.4) is 0 Å². The third kappa shape index (κ3) is 7.45. The smallest absolute Gasteiger partial charge is 0.252 e. The molecule has 0 aliphatic carbocycles. The van der Waals surface area contributed by atoms with Gasteiger partial charge in [0.05, 0.1) is 5.56 Å². The van der Waals surface area contributed by atoms with Gasteiger partial charge >= 0.3 is 0 Å². The van der Waals surface area contributed by atoms with E-state index >= 15 is 0 Å². The number of ether oxygens (including phenoxy) is 1. The van der Waals surface area contributed by atoms with Gasteiger partial charge in [0.25, 0.3) is 5.91 Å². The van der Waals surface area contributed by atoms with Crippen LogP contribution in [-0.4, -0.2) is 42.4 Å². The second-order valence-corrected chi connectivity index (χ2v) is 4.50. The van der Waals surface area contributed by atoms with Gasteiger partial charge in [0.1, 0.15) is 6.61 Å². The summed E-state index contributed by atoms with van der Waals surface area (Å²) in [5.74, 6) is 5.07. The minimum atomic E-state index is -0.214. The average molecular weight is 290 g/mol. The summed E-state index contributed by atoms with van der Waals surface area (Å²) in [7, 11) is 0. The molecule has 0 radical (unpaired) electrons. The molecule has 2 N–H and O–H groups in total. The van der Waals surface area contributed by atoms with E-state index in [4.69, 9.17) is 9.84 Å². The highest BCUT2D eigenvalue weighted by molar-refractivity contribution is 5.94. The maximum atomic E-state index is 11.9. The number of aliphatic hydroxyl groups excluding tert-OH is 1. The molecule has 0 atom stereocenters. The maximum absolute atomic E-state index is 11.9. The lowest BCUT2D eigenvalue weighted by Crippen LogP contribution is -2.25. The Labute approximate surface area is 125 Å². The molecule has 1 rings (SSSR count). The van der Waals surface area contributed by atoms with E-state index in [-0.39, 0.29) is 12.5 Å². The van der Waals surface area contributed by atoms with Gasteiger partial charge in [0.15, 0.2) is 0 Å². The summed E-state index contributed by atoms with van der Waals surface area (Å²) in [4.78, 5) is 15.9. The van der Waals surface area contributed by atoms with Crippen molar-refractivity contribution in [1.82, 2.24) is 10.3 Å². The number of pyridine rings is 1. The van der Waals surface area contributed by atoms with Crippen LogP contribution < -0.4 is 5.32 Å². The molecule has 0 bridgehead atoms. The highest BCUT2D eigenvalue weighted by atomic mass is 16.5. The van der Waals surface area contributed by atoms with Gasteiger partial charge in [-0.25, -0.2) is 0 Å². The number of nitrogens with zero attached hydrogens (tertiary/aromatic N) is 1. The number of hydrogen-bond donors (Lipinski definition) is 2. The van der Waals surface area contributed by atoms with Gasteiger partial charge in [0, 0.05) is 37.7 Å². The molecule has 5 nitrogen and oxygen atoms in total. The summed E-state index contributed by atoms with van der Waals surface area (Å²) in [6.45, 7) is 3.91. The number of carbonyl (C=O) groups excluding carboxylic acids is 1. The molecule has 0 aliphatic rings. The maximum Gasteiger partial charge on any atom is 0.252 e. The lowest BCUT2D eigenvalue weighted by molar-refractivity contribution is 0.0940. The molecule has 0 saturated carbocycles. The van der Waals surface area contributed by atoms with E-state index in [0.717, 1.165) is 25.9 Å². The van der Waals surface area contributed by atoms with Crippen molar-refractivity contribution in [3.8, 4) is 11.8 Å². The zero-order chi connectivity index (χ0) is 15.3. The Balaban J connectivity index is 2.32. The first-order valence-electron chi connectivity index (χ1n) is 7.18. The molecule has 0 aliphatic heterocycles. The van der Waals surface area contributed by atoms with E-state index in [1.54, 1.807) is 12.3 Å². The number of rotatable bonds is 8. The first-order chi connectivity index (χ1) is 10.3. The molecule has 0 fully saturated rings. The van der Waals surface area contributed by atoms with Crippen molar-refractivity contribution in [2.45, 2.75) is 26.2 Å². The van der Waals surface area contributed by atoms with Crippen LogP contribution in [0.5, 0.6) is 0 Å². The van der Waals surface area contributed by atoms with Crippen molar-refractivity contribution >= 4 is 5.91 Å². The van der Waals surface area contributed by atoms with Crippen LogP contribution in [0.2, 0.25) is 0 Å². The molecule has 5 heteroatoms. The normalized spacial score (nSPS) is 9.81. The first kappa shape index (κ1) is 17.2. The zero-order valence-electron chi connectivity index (χ0n) is 12.4. The van der Waals surface area contributed by atoms with Crippen LogP contribution in [0.25, 0.3) is 0 Å². The SMILES string of the molecule is CCCCOCCCNC(=O)c1cncc(C#CCO)c1. The van der Waals surface area contributed by atoms with Crippen LogP contribution in [0.15, 0.2) is 18.5 Å². The van der Waals surface area contributed by atoms with Gasteiger partial charge in [-0.1, -0.05) is 25.2 Å². The number of nitrogens with one attached hydrogen (secondary N) is 1. The molecule has 114 valence electrons. The van der Waals surface area contributed by atoms with E-state index < -0.39 is 0 Å². The fraction of sp³-hybridized carbons (Fsp3) is 0.500. The zero-order valence-corrected chi connectivity index (χ0v) is 12.4. The van der Waals surface area contributed by atoms with E-state index in [2.05, 4.69) is 29.1 Å². The Morgan fingerprint density at radius 3 is 2.95 bits per heavy atom. The second-order valence-electron chi connectivity index (χ2n) is 4.50. The molecule has 21 heavy (non-hydrogen) atoms. The number of aromatic nitrogens is 1. The van der Waals surface area contributed by atoms with Crippen molar-refractivity contribution in [2.75, 3.05) is 26.4 Å². The largest absolute Gasteiger partial charge is 0.384 e. The summed E-state index contributed by atoms with van der Waals surface area (Å²) in [5, 5.41) is 11.5. The number of hydrogen-bond acceptors (Lipinski definition) is 4. The number of aliphatic hydroxyl groups is 1. The van der Waals surface area contributed by atoms with Crippen LogP contribution in [0.4, 0.5) is 0 Å². The highest BCUT2D eigenvalue weighted by Crippen LogP contribution is 2.01. The summed E-state index contributed by atoms with van der Waals surface area (Å²) < 4.78 is 5.42. The van der Waals surface area contributed by atoms with Crippen molar-refractivity contribution in [3.05, 3.63) is 29.6 Å². The second kappa shape index (κ2) is 10.8. The minimum absolute atomic E-state index is 0.177. The van der Waals surface area contributed by atoms with Gasteiger partial charge < -0.3 is 15.2 Å². The summed E-state index contributed by atoms with van der Waals surface area (Å²) in [5.41, 5.74) is 1.08. The molecule has 0 saturated heterocycles. The predicted octanol–water partition coefficient (Wildman–Crippen LogP) is 1.36. The van der Waals surface area contributed by atoms with Crippen LogP contribution in [0.1, 0.15) is 42.1 Å². The van der Waals surface area contributed by atoms with Crippen molar-refractivity contribution in [1.29, 1.82) is 0 Å². The Kier molecular flexibility index (Phi) is 8.85. The molecular weight excluding hydrogens is 268 g/mol. The summed E-state index contributed by atoms with van der Waals surface area (Å²) in [6, 6.07) is 1.66. The van der Waals surface area contributed by atoms with Crippen molar-refractivity contribution in [3.63, 3.8) is 0 Å². The molecular formula is C16H22N2O3. The Morgan fingerprint density at radius 1 is 1.38 bits per heavy atom. The summed E-state index contributed by atoms with van der Waals surface area (Å²) >= 11 is 0. The Hall–Kier alpha value is -1.90. The number of unbranched alkanes of at least 4 members (excludes halogenated alkanes) is 1. The lowest BCUT2D eigenvalue weighted by Gasteiger charge is -2.06. The molecule has 0 unspecified atom stereocenters. The van der Waals surface area contributed by atoms with E-state index in [9.17, 15) is 4.79 Å². The fourth-order valence-corrected chi connectivity index (χ4v) is 1.60. The van der Waals surface area contributed by atoms with Crippen LogP contribution in [-0.2, 0) is 4.74 Å². The molecule has 1 amide bonds. The number of amides is 1. The topological polar surface area (TPSA) is 71.5 Å². The molecule has 1 aromatic heterocycles. The first-order valence-corrected chi connectivity index (χ1v) is 7.18. The quantitative estimate of drug-likeness (QED) is 0.560. The van der Waals surface area contributed by atoms with Crippen LogP contribution in [0, 0.1) is 11.8 Å². The monoisotopic (exact) mass is 290 g/mol. The summed E-state index contributed by atoms with van der Waals surface area (Å²) in [6.07, 6.45) is 6.03. The fourth-order valence-electron chi connectivity index (χ4n) is 1.60. The highest BCUT2D eigenvalue weighted by Gasteiger charge is 2.05. The third-order valence-electron chi connectivity index (χ3n) is 2.71. The standard InChI is InChI=1S/C16H22N2O3/c1-2-3-9-21-10-5-7-18-16(20)15-11-14(6-4-8-19)12-17-13-15/h11-13,19H,2-3,5,7-10H2,1H3,(H,18,20). The average Bonchev–Trinajstić information content (AvgIpc) is 2.52. The van der Waals surface area contributed by atoms with Gasteiger partial charge in [-0.15, -0.1) is 0 Å². The number of carbonyl (C=O) groups is 1. The molecule has 1 heterocycles. The Morgan fingerprint density at radius 2 is 2.19 bits per heavy atom. The third-order valence-corrected chi connectivity index (χ3v) is 2.71. The van der Waals surface area contributed by atoms with Gasteiger partial charge in [0.2, 0.25) is 0 Å². The van der Waals surface area contributed by atoms with Gasteiger partial charge in [-0.05, 0) is 18.9 Å². The van der Waals surface area contributed by atoms with E-state index in [1.807, 2.05) is 0 Å².